The molecule has 1 saturated heterocycles. The molecule has 2 atom stereocenters. The summed E-state index contributed by atoms with van der Waals surface area (Å²) in [6.45, 7) is 6.87. The molecule has 0 aliphatic carbocycles. The highest BCUT2D eigenvalue weighted by atomic mass is 79.9. The molecule has 2 rings (SSSR count). The second-order valence-corrected chi connectivity index (χ2v) is 6.17. The molecule has 0 radical (unpaired) electrons. The molecule has 0 aromatic heterocycles. The molecule has 0 bridgehead atoms. The van der Waals surface area contributed by atoms with Crippen molar-refractivity contribution >= 4 is 15.9 Å². The van der Waals surface area contributed by atoms with E-state index in [1.54, 1.807) is 12.1 Å². The molecular weight excluding hydrogens is 309 g/mol. The highest BCUT2D eigenvalue weighted by Crippen LogP contribution is 2.39. The van der Waals surface area contributed by atoms with Crippen molar-refractivity contribution in [3.8, 4) is 0 Å². The van der Waals surface area contributed by atoms with E-state index >= 15 is 0 Å². The van der Waals surface area contributed by atoms with E-state index in [4.69, 9.17) is 4.74 Å². The Morgan fingerprint density at radius 3 is 2.95 bits per heavy atom. The maximum atomic E-state index is 13.4. The topological polar surface area (TPSA) is 21.3 Å². The van der Waals surface area contributed by atoms with E-state index in [9.17, 15) is 4.39 Å². The van der Waals surface area contributed by atoms with Gasteiger partial charge < -0.3 is 10.1 Å². The van der Waals surface area contributed by atoms with Gasteiger partial charge in [0.05, 0.1) is 6.10 Å². The Morgan fingerprint density at radius 2 is 2.32 bits per heavy atom. The molecule has 1 N–H and O–H groups in total. The summed E-state index contributed by atoms with van der Waals surface area (Å²) < 4.78 is 20.2. The molecule has 2 nitrogen and oxygen atoms in total. The summed E-state index contributed by atoms with van der Waals surface area (Å²) in [7, 11) is 0. The van der Waals surface area contributed by atoms with Crippen molar-refractivity contribution < 1.29 is 9.13 Å². The normalized spacial score (nSPS) is 26.8. The van der Waals surface area contributed by atoms with E-state index in [0.717, 1.165) is 42.6 Å². The van der Waals surface area contributed by atoms with Crippen LogP contribution in [0.1, 0.15) is 25.8 Å². The molecule has 1 aliphatic heterocycles. The Labute approximate surface area is 122 Å². The van der Waals surface area contributed by atoms with Crippen LogP contribution in [-0.2, 0) is 11.2 Å². The van der Waals surface area contributed by atoms with Gasteiger partial charge >= 0.3 is 0 Å². The summed E-state index contributed by atoms with van der Waals surface area (Å²) in [4.78, 5) is 0. The van der Waals surface area contributed by atoms with Crippen LogP contribution in [0.3, 0.4) is 0 Å². The predicted octanol–water partition coefficient (Wildman–Crippen LogP) is 3.54. The van der Waals surface area contributed by atoms with Crippen molar-refractivity contribution in [2.45, 2.75) is 32.8 Å². The van der Waals surface area contributed by atoms with Crippen molar-refractivity contribution in [3.05, 3.63) is 34.1 Å². The minimum atomic E-state index is -0.177. The first-order chi connectivity index (χ1) is 9.07. The molecule has 1 heterocycles. The van der Waals surface area contributed by atoms with E-state index in [2.05, 4.69) is 35.1 Å². The van der Waals surface area contributed by atoms with E-state index < -0.39 is 0 Å². The second kappa shape index (κ2) is 6.33. The molecule has 19 heavy (non-hydrogen) atoms. The Balaban J connectivity index is 2.22. The Bertz CT molecular complexity index is 440. The summed E-state index contributed by atoms with van der Waals surface area (Å²) in [5, 5.41) is 3.43. The summed E-state index contributed by atoms with van der Waals surface area (Å²) in [6, 6.07) is 4.90. The number of hydrogen-bond donors (Lipinski definition) is 1. The fraction of sp³-hybridized carbons (Fsp3) is 0.600. The molecule has 1 aromatic carbocycles. The van der Waals surface area contributed by atoms with Crippen LogP contribution in [0.2, 0.25) is 0 Å². The van der Waals surface area contributed by atoms with Crippen LogP contribution in [0.5, 0.6) is 0 Å². The van der Waals surface area contributed by atoms with Crippen molar-refractivity contribution in [3.63, 3.8) is 0 Å². The van der Waals surface area contributed by atoms with Gasteiger partial charge in [-0.05, 0) is 50.1 Å². The van der Waals surface area contributed by atoms with Gasteiger partial charge in [0.1, 0.15) is 5.82 Å². The summed E-state index contributed by atoms with van der Waals surface area (Å²) in [6.07, 6.45) is 2.05. The third-order valence-electron chi connectivity index (χ3n) is 4.11. The molecule has 0 spiro atoms. The van der Waals surface area contributed by atoms with Gasteiger partial charge in [-0.1, -0.05) is 22.9 Å². The molecule has 2 unspecified atom stereocenters. The minimum absolute atomic E-state index is 0.0618. The highest BCUT2D eigenvalue weighted by Gasteiger charge is 2.41. The zero-order valence-electron chi connectivity index (χ0n) is 11.5. The number of ether oxygens (including phenoxy) is 1. The maximum Gasteiger partial charge on any atom is 0.123 e. The molecule has 1 fully saturated rings. The van der Waals surface area contributed by atoms with Gasteiger partial charge in [-0.3, -0.25) is 0 Å². The largest absolute Gasteiger partial charge is 0.378 e. The first kappa shape index (κ1) is 14.9. The van der Waals surface area contributed by atoms with Crippen LogP contribution in [0.25, 0.3) is 0 Å². The van der Waals surface area contributed by atoms with E-state index in [0.29, 0.717) is 0 Å². The third kappa shape index (κ3) is 3.36. The Morgan fingerprint density at radius 1 is 1.53 bits per heavy atom. The van der Waals surface area contributed by atoms with Gasteiger partial charge in [0, 0.05) is 23.0 Å². The van der Waals surface area contributed by atoms with Crippen LogP contribution in [0.15, 0.2) is 22.7 Å². The lowest BCUT2D eigenvalue weighted by atomic mass is 9.76. The van der Waals surface area contributed by atoms with Crippen molar-refractivity contribution in [2.75, 3.05) is 19.7 Å². The fourth-order valence-electron chi connectivity index (χ4n) is 2.78. The first-order valence-corrected chi connectivity index (χ1v) is 7.63. The fourth-order valence-corrected chi connectivity index (χ4v) is 3.16. The molecule has 1 aromatic rings. The van der Waals surface area contributed by atoms with Crippen LogP contribution in [-0.4, -0.2) is 25.8 Å². The summed E-state index contributed by atoms with van der Waals surface area (Å²) in [5.41, 5.74) is 1.09. The standard InChI is InChI=1S/C15H21BrFNO/c1-3-18-10-15(6-7-19-11(15)2)9-12-8-13(17)4-5-14(12)16/h4-5,8,11,18H,3,6-7,9-10H2,1-2H3. The smallest absolute Gasteiger partial charge is 0.123 e. The van der Waals surface area contributed by atoms with Crippen molar-refractivity contribution in [1.29, 1.82) is 0 Å². The number of halogens is 2. The van der Waals surface area contributed by atoms with Gasteiger partial charge in [0.2, 0.25) is 0 Å². The van der Waals surface area contributed by atoms with Crippen LogP contribution in [0.4, 0.5) is 4.39 Å². The maximum absolute atomic E-state index is 13.4. The Hall–Kier alpha value is -0.450. The van der Waals surface area contributed by atoms with Crippen molar-refractivity contribution in [1.82, 2.24) is 5.32 Å². The van der Waals surface area contributed by atoms with Crippen molar-refractivity contribution in [2.24, 2.45) is 5.41 Å². The summed E-state index contributed by atoms with van der Waals surface area (Å²) >= 11 is 3.52. The average molecular weight is 330 g/mol. The summed E-state index contributed by atoms with van der Waals surface area (Å²) in [5.74, 6) is -0.177. The van der Waals surface area contributed by atoms with Crippen LogP contribution >= 0.6 is 15.9 Å². The van der Waals surface area contributed by atoms with E-state index in [1.807, 2.05) is 0 Å². The van der Waals surface area contributed by atoms with Gasteiger partial charge in [0.15, 0.2) is 0 Å². The number of rotatable bonds is 5. The molecule has 4 heteroatoms. The van der Waals surface area contributed by atoms with E-state index in [1.165, 1.54) is 6.07 Å². The third-order valence-corrected chi connectivity index (χ3v) is 4.88. The minimum Gasteiger partial charge on any atom is -0.378 e. The predicted molar refractivity (Wildman–Crippen MR) is 78.8 cm³/mol. The number of hydrogen-bond acceptors (Lipinski definition) is 2. The molecule has 0 amide bonds. The molecule has 1 aliphatic rings. The van der Waals surface area contributed by atoms with E-state index in [-0.39, 0.29) is 17.3 Å². The second-order valence-electron chi connectivity index (χ2n) is 5.32. The van der Waals surface area contributed by atoms with Crippen LogP contribution in [0, 0.1) is 11.2 Å². The first-order valence-electron chi connectivity index (χ1n) is 6.83. The number of nitrogens with one attached hydrogen (secondary N) is 1. The molecule has 106 valence electrons. The monoisotopic (exact) mass is 329 g/mol. The zero-order valence-corrected chi connectivity index (χ0v) is 13.1. The Kier molecular flexibility index (Phi) is 4.98. The quantitative estimate of drug-likeness (QED) is 0.892. The van der Waals surface area contributed by atoms with Gasteiger partial charge in [-0.2, -0.15) is 0 Å². The van der Waals surface area contributed by atoms with Gasteiger partial charge in [0.25, 0.3) is 0 Å². The molecule has 0 saturated carbocycles. The molecular formula is C15H21BrFNO. The average Bonchev–Trinajstić information content (AvgIpc) is 2.73. The highest BCUT2D eigenvalue weighted by molar-refractivity contribution is 9.10. The SMILES string of the molecule is CCNCC1(Cc2cc(F)ccc2Br)CCOC1C. The lowest BCUT2D eigenvalue weighted by molar-refractivity contribution is 0.0632. The van der Waals surface area contributed by atoms with Gasteiger partial charge in [-0.25, -0.2) is 4.39 Å². The van der Waals surface area contributed by atoms with Crippen LogP contribution < -0.4 is 5.32 Å². The lowest BCUT2D eigenvalue weighted by Crippen LogP contribution is -2.41. The lowest BCUT2D eigenvalue weighted by Gasteiger charge is -2.33. The zero-order chi connectivity index (χ0) is 13.9. The van der Waals surface area contributed by atoms with Gasteiger partial charge in [-0.15, -0.1) is 0 Å². The number of benzene rings is 1.